The zero-order chi connectivity index (χ0) is 13.8. The number of carbonyl (C=O) groups excluding carboxylic acids is 1. The van der Waals surface area contributed by atoms with Crippen LogP contribution in [0.4, 0.5) is 0 Å². The van der Waals surface area contributed by atoms with E-state index in [1.807, 2.05) is 24.3 Å². The maximum Gasteiger partial charge on any atom is 0.335 e. The van der Waals surface area contributed by atoms with E-state index in [-0.39, 0.29) is 5.97 Å². The molecule has 2 heteroatoms. The minimum absolute atomic E-state index is 0.294. The molecule has 0 aliphatic carbocycles. The fourth-order valence-corrected chi connectivity index (χ4v) is 1.86. The number of allylic oxidation sites excluding steroid dienone is 1. The number of hydrogen-bond acceptors (Lipinski definition) is 2. The summed E-state index contributed by atoms with van der Waals surface area (Å²) in [5.74, 6) is 0.300. The lowest BCUT2D eigenvalue weighted by molar-refractivity contribution is -0.129. The summed E-state index contributed by atoms with van der Waals surface area (Å²) in [5, 5.41) is 0. The quantitative estimate of drug-likeness (QED) is 0.273. The van der Waals surface area contributed by atoms with Crippen molar-refractivity contribution >= 4 is 5.97 Å². The topological polar surface area (TPSA) is 26.3 Å². The lowest BCUT2D eigenvalue weighted by Crippen LogP contribution is -2.03. The molecule has 0 N–H and O–H groups in total. The summed E-state index contributed by atoms with van der Waals surface area (Å²) in [6.45, 7) is 2.22. The Balaban J connectivity index is 2.07. The van der Waals surface area contributed by atoms with Gasteiger partial charge in [-0.05, 0) is 25.0 Å². The second kappa shape index (κ2) is 10.4. The third-order valence-electron chi connectivity index (χ3n) is 2.94. The summed E-state index contributed by atoms with van der Waals surface area (Å²) >= 11 is 0. The normalized spacial score (nSPS) is 10.8. The van der Waals surface area contributed by atoms with Crippen molar-refractivity contribution in [1.29, 1.82) is 0 Å². The van der Waals surface area contributed by atoms with Gasteiger partial charge < -0.3 is 4.74 Å². The molecule has 0 saturated heterocycles. The van der Waals surface area contributed by atoms with Crippen LogP contribution in [0.2, 0.25) is 0 Å². The number of carbonyl (C=O) groups is 1. The van der Waals surface area contributed by atoms with Crippen molar-refractivity contribution in [2.45, 2.75) is 51.9 Å². The van der Waals surface area contributed by atoms with E-state index in [4.69, 9.17) is 4.74 Å². The average Bonchev–Trinajstić information content (AvgIpc) is 2.43. The average molecular weight is 260 g/mol. The van der Waals surface area contributed by atoms with Gasteiger partial charge in [0.15, 0.2) is 0 Å². The summed E-state index contributed by atoms with van der Waals surface area (Å²) < 4.78 is 5.15. The van der Waals surface area contributed by atoms with Crippen molar-refractivity contribution in [3.05, 3.63) is 42.5 Å². The Morgan fingerprint density at radius 1 is 1.05 bits per heavy atom. The summed E-state index contributed by atoms with van der Waals surface area (Å²) in [4.78, 5) is 11.5. The van der Waals surface area contributed by atoms with Crippen LogP contribution in [0.1, 0.15) is 51.9 Å². The molecule has 0 unspecified atom stereocenters. The van der Waals surface area contributed by atoms with E-state index in [1.165, 1.54) is 38.2 Å². The molecule has 19 heavy (non-hydrogen) atoms. The van der Waals surface area contributed by atoms with E-state index in [2.05, 4.69) is 6.92 Å². The molecule has 0 amide bonds. The molecule has 0 aromatic heterocycles. The van der Waals surface area contributed by atoms with Crippen molar-refractivity contribution in [3.8, 4) is 5.75 Å². The number of para-hydroxylation sites is 1. The predicted octanol–water partition coefficient (Wildman–Crippen LogP) is 4.90. The number of benzene rings is 1. The largest absolute Gasteiger partial charge is 0.423 e. The second-order valence-electron chi connectivity index (χ2n) is 4.69. The van der Waals surface area contributed by atoms with Crippen LogP contribution in [-0.2, 0) is 4.79 Å². The van der Waals surface area contributed by atoms with Gasteiger partial charge in [-0.25, -0.2) is 4.79 Å². The highest BCUT2D eigenvalue weighted by molar-refractivity contribution is 5.83. The first-order valence-electron chi connectivity index (χ1n) is 7.26. The van der Waals surface area contributed by atoms with Crippen molar-refractivity contribution < 1.29 is 9.53 Å². The van der Waals surface area contributed by atoms with E-state index in [0.717, 1.165) is 12.8 Å². The third-order valence-corrected chi connectivity index (χ3v) is 2.94. The zero-order valence-electron chi connectivity index (χ0n) is 11.8. The Labute approximate surface area is 116 Å². The van der Waals surface area contributed by atoms with Gasteiger partial charge in [-0.3, -0.25) is 0 Å². The molecule has 104 valence electrons. The molecule has 0 radical (unpaired) electrons. The maximum absolute atomic E-state index is 11.5. The van der Waals surface area contributed by atoms with Crippen LogP contribution in [0, 0.1) is 0 Å². The molecule has 0 aliphatic heterocycles. The Morgan fingerprint density at radius 3 is 2.47 bits per heavy atom. The SMILES string of the molecule is CCCCCCCCC=CC(=O)Oc1ccccc1. The van der Waals surface area contributed by atoms with E-state index < -0.39 is 0 Å². The van der Waals surface area contributed by atoms with Gasteiger partial charge in [0.2, 0.25) is 0 Å². The molecule has 2 nitrogen and oxygen atoms in total. The van der Waals surface area contributed by atoms with E-state index >= 15 is 0 Å². The van der Waals surface area contributed by atoms with Crippen molar-refractivity contribution in [2.24, 2.45) is 0 Å². The lowest BCUT2D eigenvalue weighted by Gasteiger charge is -2.00. The summed E-state index contributed by atoms with van der Waals surface area (Å²) in [5.41, 5.74) is 0. The van der Waals surface area contributed by atoms with Gasteiger partial charge in [0.05, 0.1) is 0 Å². The molecule has 0 spiro atoms. The fourth-order valence-electron chi connectivity index (χ4n) is 1.86. The fraction of sp³-hybridized carbons (Fsp3) is 0.471. The van der Waals surface area contributed by atoms with Crippen LogP contribution in [0.3, 0.4) is 0 Å². The van der Waals surface area contributed by atoms with Crippen molar-refractivity contribution in [2.75, 3.05) is 0 Å². The number of hydrogen-bond donors (Lipinski definition) is 0. The minimum Gasteiger partial charge on any atom is -0.423 e. The van der Waals surface area contributed by atoms with Gasteiger partial charge in [-0.2, -0.15) is 0 Å². The highest BCUT2D eigenvalue weighted by Crippen LogP contribution is 2.09. The van der Waals surface area contributed by atoms with Crippen LogP contribution in [0.5, 0.6) is 5.75 Å². The first-order valence-corrected chi connectivity index (χ1v) is 7.26. The van der Waals surface area contributed by atoms with Gasteiger partial charge in [-0.15, -0.1) is 0 Å². The Hall–Kier alpha value is -1.57. The van der Waals surface area contributed by atoms with Gasteiger partial charge >= 0.3 is 5.97 Å². The lowest BCUT2D eigenvalue weighted by atomic mass is 10.1. The minimum atomic E-state index is -0.294. The Morgan fingerprint density at radius 2 is 1.74 bits per heavy atom. The van der Waals surface area contributed by atoms with Crippen molar-refractivity contribution in [1.82, 2.24) is 0 Å². The maximum atomic E-state index is 11.5. The van der Waals surface area contributed by atoms with Crippen LogP contribution < -0.4 is 4.74 Å². The van der Waals surface area contributed by atoms with Gasteiger partial charge in [-0.1, -0.05) is 63.3 Å². The molecule has 0 aliphatic rings. The molecule has 0 atom stereocenters. The summed E-state index contributed by atoms with van der Waals surface area (Å²) in [7, 11) is 0. The predicted molar refractivity (Wildman–Crippen MR) is 79.2 cm³/mol. The molecular formula is C17H24O2. The number of ether oxygens (including phenoxy) is 1. The van der Waals surface area contributed by atoms with Crippen LogP contribution in [-0.4, -0.2) is 5.97 Å². The highest BCUT2D eigenvalue weighted by Gasteiger charge is 1.98. The number of rotatable bonds is 9. The molecule has 0 fully saturated rings. The molecule has 0 heterocycles. The standard InChI is InChI=1S/C17H24O2/c1-2-3-4-5-6-7-8-12-15-17(18)19-16-13-10-9-11-14-16/h9-15H,2-8H2,1H3. The van der Waals surface area contributed by atoms with E-state index in [1.54, 1.807) is 12.1 Å². The Bertz CT molecular complexity index is 368. The van der Waals surface area contributed by atoms with Crippen molar-refractivity contribution in [3.63, 3.8) is 0 Å². The first-order chi connectivity index (χ1) is 9.33. The zero-order valence-corrected chi connectivity index (χ0v) is 11.8. The molecule has 0 saturated carbocycles. The van der Waals surface area contributed by atoms with Gasteiger partial charge in [0.25, 0.3) is 0 Å². The first kappa shape index (κ1) is 15.5. The van der Waals surface area contributed by atoms with Crippen LogP contribution in [0.25, 0.3) is 0 Å². The molecule has 1 aromatic rings. The molecule has 0 bridgehead atoms. The third kappa shape index (κ3) is 8.20. The second-order valence-corrected chi connectivity index (χ2v) is 4.69. The van der Waals surface area contributed by atoms with Crippen LogP contribution in [0.15, 0.2) is 42.5 Å². The molecule has 1 aromatic carbocycles. The van der Waals surface area contributed by atoms with Gasteiger partial charge in [0.1, 0.15) is 5.75 Å². The number of esters is 1. The van der Waals surface area contributed by atoms with Gasteiger partial charge in [0, 0.05) is 6.08 Å². The monoisotopic (exact) mass is 260 g/mol. The van der Waals surface area contributed by atoms with E-state index in [9.17, 15) is 4.79 Å². The van der Waals surface area contributed by atoms with E-state index in [0.29, 0.717) is 5.75 Å². The Kier molecular flexibility index (Phi) is 8.45. The van der Waals surface area contributed by atoms with Crippen LogP contribution >= 0.6 is 0 Å². The molecular weight excluding hydrogens is 236 g/mol. The number of unbranched alkanes of at least 4 members (excludes halogenated alkanes) is 6. The summed E-state index contributed by atoms with van der Waals surface area (Å²) in [6, 6.07) is 9.15. The smallest absolute Gasteiger partial charge is 0.335 e. The summed E-state index contributed by atoms with van der Waals surface area (Å²) in [6.07, 6.45) is 12.0. The molecule has 1 rings (SSSR count). The highest BCUT2D eigenvalue weighted by atomic mass is 16.5.